The van der Waals surface area contributed by atoms with Crippen LogP contribution >= 0.6 is 0 Å². The lowest BCUT2D eigenvalue weighted by Gasteiger charge is -2.16. The van der Waals surface area contributed by atoms with E-state index in [1.807, 2.05) is 38.1 Å². The number of sulfone groups is 1. The first-order chi connectivity index (χ1) is 12.8. The molecule has 1 saturated heterocycles. The minimum atomic E-state index is -3.05. The predicted molar refractivity (Wildman–Crippen MR) is 104 cm³/mol. The number of nitrogens with one attached hydrogen (secondary N) is 2. The standard InChI is InChI=1S/C19H23N3O4S/c1-13(2)26-18-6-4-3-5-16(18)21-14-7-9-20-17(11-14)19(23)22-15-8-10-27(24,25)12-15/h3-7,9,11,13,15H,8,10,12H2,1-2H3,(H,20,21)(H,22,23). The number of carbonyl (C=O) groups is 1. The Morgan fingerprint density at radius 2 is 2.04 bits per heavy atom. The molecule has 1 aromatic heterocycles. The second-order valence-electron chi connectivity index (χ2n) is 6.79. The minimum absolute atomic E-state index is 0.0173. The van der Waals surface area contributed by atoms with Crippen molar-refractivity contribution in [1.29, 1.82) is 0 Å². The number of para-hydroxylation sites is 2. The highest BCUT2D eigenvalue weighted by Crippen LogP contribution is 2.28. The van der Waals surface area contributed by atoms with Crippen LogP contribution in [-0.2, 0) is 9.84 Å². The van der Waals surface area contributed by atoms with Crippen molar-refractivity contribution in [2.24, 2.45) is 0 Å². The van der Waals surface area contributed by atoms with E-state index in [0.29, 0.717) is 17.9 Å². The summed E-state index contributed by atoms with van der Waals surface area (Å²) in [5.41, 5.74) is 1.70. The first-order valence-electron chi connectivity index (χ1n) is 8.82. The fraction of sp³-hybridized carbons (Fsp3) is 0.368. The van der Waals surface area contributed by atoms with E-state index in [0.717, 1.165) is 5.69 Å². The molecule has 8 heteroatoms. The lowest BCUT2D eigenvalue weighted by molar-refractivity contribution is 0.0936. The van der Waals surface area contributed by atoms with E-state index in [1.165, 1.54) is 6.20 Å². The highest BCUT2D eigenvalue weighted by atomic mass is 32.2. The summed E-state index contributed by atoms with van der Waals surface area (Å²) in [6, 6.07) is 10.6. The van der Waals surface area contributed by atoms with Gasteiger partial charge in [0.15, 0.2) is 9.84 Å². The molecule has 0 bridgehead atoms. The molecule has 0 spiro atoms. The summed E-state index contributed by atoms with van der Waals surface area (Å²) in [5.74, 6) is 0.426. The number of anilines is 2. The van der Waals surface area contributed by atoms with Gasteiger partial charge in [-0.05, 0) is 44.5 Å². The third-order valence-corrected chi connectivity index (χ3v) is 5.86. The molecule has 1 aromatic carbocycles. The smallest absolute Gasteiger partial charge is 0.270 e. The maximum atomic E-state index is 12.4. The largest absolute Gasteiger partial charge is 0.489 e. The maximum Gasteiger partial charge on any atom is 0.270 e. The molecule has 144 valence electrons. The average molecular weight is 389 g/mol. The number of rotatable bonds is 6. The second-order valence-corrected chi connectivity index (χ2v) is 9.02. The van der Waals surface area contributed by atoms with Gasteiger partial charge in [-0.3, -0.25) is 9.78 Å². The van der Waals surface area contributed by atoms with Gasteiger partial charge in [-0.15, -0.1) is 0 Å². The van der Waals surface area contributed by atoms with Crippen LogP contribution in [0.1, 0.15) is 30.8 Å². The van der Waals surface area contributed by atoms with Crippen LogP contribution in [0, 0.1) is 0 Å². The normalized spacial score (nSPS) is 18.3. The molecule has 3 rings (SSSR count). The summed E-state index contributed by atoms with van der Waals surface area (Å²) >= 11 is 0. The molecule has 2 N–H and O–H groups in total. The van der Waals surface area contributed by atoms with Crippen LogP contribution in [0.3, 0.4) is 0 Å². The zero-order valence-corrected chi connectivity index (χ0v) is 16.1. The van der Waals surface area contributed by atoms with Gasteiger partial charge in [-0.1, -0.05) is 12.1 Å². The summed E-state index contributed by atoms with van der Waals surface area (Å²) in [5, 5.41) is 5.99. The summed E-state index contributed by atoms with van der Waals surface area (Å²) in [6.07, 6.45) is 2.01. The zero-order chi connectivity index (χ0) is 19.4. The molecule has 1 fully saturated rings. The third-order valence-electron chi connectivity index (χ3n) is 4.09. The van der Waals surface area contributed by atoms with Crippen LogP contribution in [0.5, 0.6) is 5.75 Å². The highest BCUT2D eigenvalue weighted by molar-refractivity contribution is 7.91. The van der Waals surface area contributed by atoms with Crippen molar-refractivity contribution in [3.05, 3.63) is 48.3 Å². The van der Waals surface area contributed by atoms with Gasteiger partial charge in [-0.2, -0.15) is 0 Å². The molecule has 2 heterocycles. The van der Waals surface area contributed by atoms with Gasteiger partial charge in [0.1, 0.15) is 11.4 Å². The van der Waals surface area contributed by atoms with Crippen molar-refractivity contribution in [1.82, 2.24) is 10.3 Å². The molecule has 1 unspecified atom stereocenters. The molecular weight excluding hydrogens is 366 g/mol. The molecule has 27 heavy (non-hydrogen) atoms. The summed E-state index contributed by atoms with van der Waals surface area (Å²) < 4.78 is 28.9. The number of aromatic nitrogens is 1. The molecule has 1 atom stereocenters. The van der Waals surface area contributed by atoms with E-state index in [2.05, 4.69) is 15.6 Å². The van der Waals surface area contributed by atoms with Crippen LogP contribution in [-0.4, -0.2) is 43.0 Å². The maximum absolute atomic E-state index is 12.4. The summed E-state index contributed by atoms with van der Waals surface area (Å²) in [4.78, 5) is 16.5. The lowest BCUT2D eigenvalue weighted by atomic mass is 10.2. The number of hydrogen-bond donors (Lipinski definition) is 2. The Balaban J connectivity index is 1.72. The molecule has 2 aromatic rings. The van der Waals surface area contributed by atoms with E-state index < -0.39 is 9.84 Å². The number of hydrogen-bond acceptors (Lipinski definition) is 6. The average Bonchev–Trinajstić information content (AvgIpc) is 2.95. The van der Waals surface area contributed by atoms with Gasteiger partial charge in [0.05, 0.1) is 23.3 Å². The Morgan fingerprint density at radius 1 is 1.26 bits per heavy atom. The van der Waals surface area contributed by atoms with Crippen LogP contribution < -0.4 is 15.4 Å². The van der Waals surface area contributed by atoms with Crippen molar-refractivity contribution in [2.45, 2.75) is 32.4 Å². The van der Waals surface area contributed by atoms with Gasteiger partial charge < -0.3 is 15.4 Å². The summed E-state index contributed by atoms with van der Waals surface area (Å²) in [7, 11) is -3.05. The van der Waals surface area contributed by atoms with Gasteiger partial charge >= 0.3 is 0 Å². The highest BCUT2D eigenvalue weighted by Gasteiger charge is 2.29. The van der Waals surface area contributed by atoms with Gasteiger partial charge in [0.2, 0.25) is 0 Å². The first kappa shape index (κ1) is 19.2. The van der Waals surface area contributed by atoms with Crippen molar-refractivity contribution in [3.8, 4) is 5.75 Å². The Bertz CT molecular complexity index is 928. The minimum Gasteiger partial charge on any atom is -0.489 e. The van der Waals surface area contributed by atoms with Crippen LogP contribution in [0.4, 0.5) is 11.4 Å². The molecule has 1 aliphatic heterocycles. The Morgan fingerprint density at radius 3 is 2.74 bits per heavy atom. The quantitative estimate of drug-likeness (QED) is 0.788. The Kier molecular flexibility index (Phi) is 5.65. The van der Waals surface area contributed by atoms with Crippen LogP contribution in [0.15, 0.2) is 42.6 Å². The summed E-state index contributed by atoms with van der Waals surface area (Å²) in [6.45, 7) is 3.91. The fourth-order valence-corrected chi connectivity index (χ4v) is 4.56. The monoisotopic (exact) mass is 389 g/mol. The molecular formula is C19H23N3O4S. The topological polar surface area (TPSA) is 97.4 Å². The number of nitrogens with zero attached hydrogens (tertiary/aromatic N) is 1. The lowest BCUT2D eigenvalue weighted by Crippen LogP contribution is -2.36. The van der Waals surface area contributed by atoms with E-state index in [9.17, 15) is 13.2 Å². The van der Waals surface area contributed by atoms with Crippen LogP contribution in [0.2, 0.25) is 0 Å². The van der Waals surface area contributed by atoms with Crippen molar-refractivity contribution in [3.63, 3.8) is 0 Å². The van der Waals surface area contributed by atoms with E-state index in [-0.39, 0.29) is 35.3 Å². The van der Waals surface area contributed by atoms with Gasteiger partial charge in [0.25, 0.3) is 5.91 Å². The number of ether oxygens (including phenoxy) is 1. The zero-order valence-electron chi connectivity index (χ0n) is 15.3. The molecule has 0 aliphatic carbocycles. The number of carbonyl (C=O) groups excluding carboxylic acids is 1. The predicted octanol–water partition coefficient (Wildman–Crippen LogP) is 2.53. The number of pyridine rings is 1. The van der Waals surface area contributed by atoms with Crippen molar-refractivity contribution >= 4 is 27.1 Å². The second kappa shape index (κ2) is 7.96. The molecule has 0 radical (unpaired) electrons. The van der Waals surface area contributed by atoms with Gasteiger partial charge in [-0.25, -0.2) is 8.42 Å². The number of benzene rings is 1. The van der Waals surface area contributed by atoms with E-state index in [1.54, 1.807) is 12.1 Å². The van der Waals surface area contributed by atoms with Gasteiger partial charge in [0, 0.05) is 17.9 Å². The first-order valence-corrected chi connectivity index (χ1v) is 10.6. The Labute approximate surface area is 159 Å². The molecule has 7 nitrogen and oxygen atoms in total. The van der Waals surface area contributed by atoms with Crippen molar-refractivity contribution in [2.75, 3.05) is 16.8 Å². The molecule has 1 amide bonds. The third kappa shape index (κ3) is 5.19. The van der Waals surface area contributed by atoms with E-state index >= 15 is 0 Å². The number of amides is 1. The Hall–Kier alpha value is -2.61. The van der Waals surface area contributed by atoms with Crippen molar-refractivity contribution < 1.29 is 17.9 Å². The fourth-order valence-electron chi connectivity index (χ4n) is 2.88. The SMILES string of the molecule is CC(C)Oc1ccccc1Nc1ccnc(C(=O)NC2CCS(=O)(=O)C2)c1. The molecule has 0 saturated carbocycles. The van der Waals surface area contributed by atoms with E-state index in [4.69, 9.17) is 4.74 Å². The van der Waals surface area contributed by atoms with Crippen LogP contribution in [0.25, 0.3) is 0 Å². The molecule has 1 aliphatic rings.